The van der Waals surface area contributed by atoms with Crippen LogP contribution in [0.1, 0.15) is 48.3 Å². The van der Waals surface area contributed by atoms with Crippen molar-refractivity contribution in [1.82, 2.24) is 4.90 Å². The van der Waals surface area contributed by atoms with Crippen LogP contribution in [0.25, 0.3) is 0 Å². The molecule has 0 aromatic heterocycles. The first-order valence-corrected chi connectivity index (χ1v) is 10.5. The third-order valence-corrected chi connectivity index (χ3v) is 6.73. The van der Waals surface area contributed by atoms with Gasteiger partial charge in [0.05, 0.1) is 0 Å². The molecule has 2 aromatic carbocycles. The van der Waals surface area contributed by atoms with Crippen molar-refractivity contribution in [2.24, 2.45) is 0 Å². The molecule has 5 rings (SSSR count). The summed E-state index contributed by atoms with van der Waals surface area (Å²) in [5, 5.41) is 1.57. The smallest absolute Gasteiger partial charge is 0.0468 e. The van der Waals surface area contributed by atoms with E-state index < -0.39 is 0 Å². The summed E-state index contributed by atoms with van der Waals surface area (Å²) in [6.07, 6.45) is 5.23. The summed E-state index contributed by atoms with van der Waals surface area (Å²) >= 11 is 13.0. The van der Waals surface area contributed by atoms with Crippen LogP contribution in [0.5, 0.6) is 0 Å². The molecule has 136 valence electrons. The Labute approximate surface area is 165 Å². The molecular weight excluding hydrogens is 363 g/mol. The van der Waals surface area contributed by atoms with Crippen LogP contribution in [0.2, 0.25) is 10.0 Å². The molecule has 2 fully saturated rings. The van der Waals surface area contributed by atoms with Crippen molar-refractivity contribution in [2.45, 2.75) is 44.2 Å². The molecule has 0 N–H and O–H groups in total. The van der Waals surface area contributed by atoms with E-state index in [1.807, 2.05) is 6.07 Å². The van der Waals surface area contributed by atoms with Crippen LogP contribution in [0.15, 0.2) is 36.4 Å². The first-order valence-electron chi connectivity index (χ1n) is 9.76. The first-order chi connectivity index (χ1) is 12.7. The maximum Gasteiger partial charge on any atom is 0.0468 e. The number of rotatable bonds is 3. The Hall–Kier alpha value is -1.22. The summed E-state index contributed by atoms with van der Waals surface area (Å²) in [5.41, 5.74) is 5.43. The van der Waals surface area contributed by atoms with E-state index >= 15 is 0 Å². The Bertz CT molecular complexity index is 825. The zero-order chi connectivity index (χ0) is 17.7. The Morgan fingerprint density at radius 3 is 2.46 bits per heavy atom. The van der Waals surface area contributed by atoms with Gasteiger partial charge in [-0.3, -0.25) is 4.90 Å². The summed E-state index contributed by atoms with van der Waals surface area (Å²) in [6.45, 7) is 4.36. The van der Waals surface area contributed by atoms with Gasteiger partial charge in [-0.05, 0) is 60.6 Å². The van der Waals surface area contributed by atoms with Crippen LogP contribution in [-0.4, -0.2) is 30.6 Å². The van der Waals surface area contributed by atoms with Gasteiger partial charge >= 0.3 is 0 Å². The number of para-hydroxylation sites is 1. The fourth-order valence-corrected chi connectivity index (χ4v) is 5.28. The summed E-state index contributed by atoms with van der Waals surface area (Å²) in [4.78, 5) is 5.19. The molecule has 2 aliphatic heterocycles. The molecule has 3 aliphatic rings. The highest BCUT2D eigenvalue weighted by atomic mass is 35.5. The predicted octanol–water partition coefficient (Wildman–Crippen LogP) is 5.70. The summed E-state index contributed by atoms with van der Waals surface area (Å²) in [5.74, 6) is 0.340. The number of hydrogen-bond donors (Lipinski definition) is 0. The van der Waals surface area contributed by atoms with Gasteiger partial charge in [0.1, 0.15) is 0 Å². The molecule has 0 bridgehead atoms. The van der Waals surface area contributed by atoms with Crippen LogP contribution >= 0.6 is 23.2 Å². The lowest BCUT2D eigenvalue weighted by Gasteiger charge is -2.37. The van der Waals surface area contributed by atoms with Crippen LogP contribution < -0.4 is 4.90 Å². The van der Waals surface area contributed by atoms with Gasteiger partial charge in [0.25, 0.3) is 0 Å². The molecule has 4 heteroatoms. The largest absolute Gasteiger partial charge is 0.371 e. The second-order valence-electron chi connectivity index (χ2n) is 7.92. The minimum Gasteiger partial charge on any atom is -0.371 e. The molecule has 2 aromatic rings. The fourth-order valence-electron chi connectivity index (χ4n) is 4.71. The van der Waals surface area contributed by atoms with E-state index in [9.17, 15) is 0 Å². The Balaban J connectivity index is 1.62. The quantitative estimate of drug-likeness (QED) is 0.666. The lowest BCUT2D eigenvalue weighted by Crippen LogP contribution is -2.36. The summed E-state index contributed by atoms with van der Waals surface area (Å²) in [7, 11) is 0. The van der Waals surface area contributed by atoms with Gasteiger partial charge in [0.15, 0.2) is 0 Å². The highest BCUT2D eigenvalue weighted by molar-refractivity contribution is 6.35. The molecular formula is C22H24Cl2N2. The van der Waals surface area contributed by atoms with E-state index in [1.165, 1.54) is 61.2 Å². The van der Waals surface area contributed by atoms with Crippen molar-refractivity contribution in [3.8, 4) is 0 Å². The molecule has 1 atom stereocenters. The molecule has 26 heavy (non-hydrogen) atoms. The fraction of sp³-hybridized carbons (Fsp3) is 0.455. The van der Waals surface area contributed by atoms with Gasteiger partial charge in [-0.2, -0.15) is 0 Å². The maximum atomic E-state index is 6.64. The minimum atomic E-state index is 0.340. The van der Waals surface area contributed by atoms with E-state index in [2.05, 4.69) is 40.1 Å². The second kappa shape index (κ2) is 6.74. The SMILES string of the molecule is Clc1cc(Cl)c2c(c1)[C@H](c1ccccc1N1CCCC1)CN(C1CC1)C2. The van der Waals surface area contributed by atoms with Crippen LogP contribution in [-0.2, 0) is 6.54 Å². The second-order valence-corrected chi connectivity index (χ2v) is 8.77. The van der Waals surface area contributed by atoms with Gasteiger partial charge in [-0.15, -0.1) is 0 Å². The number of halogens is 2. The van der Waals surface area contributed by atoms with E-state index in [0.29, 0.717) is 5.92 Å². The molecule has 2 nitrogen and oxygen atoms in total. The van der Waals surface area contributed by atoms with E-state index in [0.717, 1.165) is 29.2 Å². The van der Waals surface area contributed by atoms with Crippen molar-refractivity contribution in [3.05, 3.63) is 63.1 Å². The molecule has 0 amide bonds. The van der Waals surface area contributed by atoms with Crippen molar-refractivity contribution in [3.63, 3.8) is 0 Å². The molecule has 1 saturated heterocycles. The minimum absolute atomic E-state index is 0.340. The number of anilines is 1. The Morgan fingerprint density at radius 2 is 1.69 bits per heavy atom. The van der Waals surface area contributed by atoms with Crippen molar-refractivity contribution in [2.75, 3.05) is 24.5 Å². The normalized spacial score (nSPS) is 23.3. The highest BCUT2D eigenvalue weighted by Crippen LogP contribution is 2.44. The lowest BCUT2D eigenvalue weighted by molar-refractivity contribution is 0.230. The number of benzene rings is 2. The highest BCUT2D eigenvalue weighted by Gasteiger charge is 2.37. The summed E-state index contributed by atoms with van der Waals surface area (Å²) in [6, 6.07) is 13.7. The van der Waals surface area contributed by atoms with Crippen molar-refractivity contribution >= 4 is 28.9 Å². The zero-order valence-electron chi connectivity index (χ0n) is 14.9. The van der Waals surface area contributed by atoms with Crippen LogP contribution in [0.4, 0.5) is 5.69 Å². The Morgan fingerprint density at radius 1 is 0.923 bits per heavy atom. The Kier molecular flexibility index (Phi) is 4.39. The van der Waals surface area contributed by atoms with Crippen LogP contribution in [0, 0.1) is 0 Å². The monoisotopic (exact) mass is 386 g/mol. The van der Waals surface area contributed by atoms with Crippen molar-refractivity contribution < 1.29 is 0 Å². The number of fused-ring (bicyclic) bond motifs is 1. The van der Waals surface area contributed by atoms with Gasteiger partial charge in [-0.25, -0.2) is 0 Å². The number of hydrogen-bond acceptors (Lipinski definition) is 2. The van der Waals surface area contributed by atoms with E-state index in [1.54, 1.807) is 0 Å². The van der Waals surface area contributed by atoms with E-state index in [4.69, 9.17) is 23.2 Å². The third-order valence-electron chi connectivity index (χ3n) is 6.17. The third kappa shape index (κ3) is 3.02. The van der Waals surface area contributed by atoms with Crippen LogP contribution in [0.3, 0.4) is 0 Å². The first kappa shape index (κ1) is 16.9. The van der Waals surface area contributed by atoms with Gasteiger partial charge in [0, 0.05) is 53.9 Å². The van der Waals surface area contributed by atoms with Crippen molar-refractivity contribution in [1.29, 1.82) is 0 Å². The summed E-state index contributed by atoms with van der Waals surface area (Å²) < 4.78 is 0. The van der Waals surface area contributed by atoms with Gasteiger partial charge < -0.3 is 4.90 Å². The van der Waals surface area contributed by atoms with E-state index in [-0.39, 0.29) is 0 Å². The zero-order valence-corrected chi connectivity index (χ0v) is 16.4. The molecule has 0 radical (unpaired) electrons. The topological polar surface area (TPSA) is 6.48 Å². The molecule has 2 heterocycles. The molecule has 1 saturated carbocycles. The van der Waals surface area contributed by atoms with Gasteiger partial charge in [0.2, 0.25) is 0 Å². The average Bonchev–Trinajstić information content (AvgIpc) is 3.35. The van der Waals surface area contributed by atoms with Gasteiger partial charge in [-0.1, -0.05) is 41.4 Å². The number of nitrogens with zero attached hydrogens (tertiary/aromatic N) is 2. The molecule has 1 aliphatic carbocycles. The maximum absolute atomic E-state index is 6.64. The lowest BCUT2D eigenvalue weighted by atomic mass is 9.83. The average molecular weight is 387 g/mol. The molecule has 0 spiro atoms. The predicted molar refractivity (Wildman–Crippen MR) is 110 cm³/mol. The molecule has 0 unspecified atom stereocenters. The standard InChI is InChI=1S/C22H24Cl2N2/c23-15-11-18-19(13-26(16-7-8-16)14-20(18)21(24)12-15)17-5-1-2-6-22(17)25-9-3-4-10-25/h1-2,5-6,11-12,16,19H,3-4,7-10,13-14H2/t19-/m0/s1.